The van der Waals surface area contributed by atoms with Crippen molar-refractivity contribution in [2.45, 2.75) is 44.2 Å². The standard InChI is InChI=1S/C17H23N3/c18-15-7-2-8-16(12-15)19-11-9-14-5-1-4-13-6-3-10-20-17(13)14/h1,3-6,10,15-16,19H,2,7-9,11-12,18H2. The van der Waals surface area contributed by atoms with Crippen molar-refractivity contribution in [3.63, 3.8) is 0 Å². The van der Waals surface area contributed by atoms with Crippen molar-refractivity contribution in [2.75, 3.05) is 6.54 Å². The van der Waals surface area contributed by atoms with E-state index in [9.17, 15) is 0 Å². The Hall–Kier alpha value is -1.45. The number of nitrogens with two attached hydrogens (primary N) is 1. The zero-order valence-corrected chi connectivity index (χ0v) is 11.9. The predicted molar refractivity (Wildman–Crippen MR) is 83.7 cm³/mol. The molecule has 1 aliphatic carbocycles. The minimum absolute atomic E-state index is 0.389. The molecule has 1 aliphatic rings. The molecule has 2 atom stereocenters. The highest BCUT2D eigenvalue weighted by Crippen LogP contribution is 2.18. The number of para-hydroxylation sites is 1. The Labute approximate surface area is 120 Å². The van der Waals surface area contributed by atoms with Gasteiger partial charge < -0.3 is 11.1 Å². The SMILES string of the molecule is NC1CCCC(NCCc2cccc3cccnc23)C1. The Morgan fingerprint density at radius 3 is 3.00 bits per heavy atom. The summed E-state index contributed by atoms with van der Waals surface area (Å²) >= 11 is 0. The van der Waals surface area contributed by atoms with Crippen LogP contribution < -0.4 is 11.1 Å². The molecule has 0 saturated heterocycles. The van der Waals surface area contributed by atoms with Gasteiger partial charge in [0.05, 0.1) is 5.52 Å². The third kappa shape index (κ3) is 3.17. The van der Waals surface area contributed by atoms with Crippen LogP contribution in [0.25, 0.3) is 10.9 Å². The first-order valence-corrected chi connectivity index (χ1v) is 7.64. The quantitative estimate of drug-likeness (QED) is 0.897. The molecule has 3 N–H and O–H groups in total. The van der Waals surface area contributed by atoms with Gasteiger partial charge in [-0.3, -0.25) is 4.98 Å². The largest absolute Gasteiger partial charge is 0.328 e. The number of aromatic nitrogens is 1. The van der Waals surface area contributed by atoms with Crippen LogP contribution in [0, 0.1) is 0 Å². The fourth-order valence-electron chi connectivity index (χ4n) is 3.19. The molecular formula is C17H23N3. The molecule has 1 saturated carbocycles. The molecule has 0 amide bonds. The van der Waals surface area contributed by atoms with Gasteiger partial charge in [-0.25, -0.2) is 0 Å². The van der Waals surface area contributed by atoms with E-state index in [1.807, 2.05) is 12.3 Å². The van der Waals surface area contributed by atoms with Crippen molar-refractivity contribution in [1.82, 2.24) is 10.3 Å². The maximum absolute atomic E-state index is 6.03. The van der Waals surface area contributed by atoms with Crippen LogP contribution in [0.3, 0.4) is 0 Å². The topological polar surface area (TPSA) is 50.9 Å². The van der Waals surface area contributed by atoms with Gasteiger partial charge in [-0.1, -0.05) is 30.7 Å². The highest BCUT2D eigenvalue weighted by Gasteiger charge is 2.18. The molecule has 0 radical (unpaired) electrons. The lowest BCUT2D eigenvalue weighted by atomic mass is 9.91. The molecule has 0 spiro atoms. The first-order valence-electron chi connectivity index (χ1n) is 7.64. The fraction of sp³-hybridized carbons (Fsp3) is 0.471. The Morgan fingerprint density at radius 2 is 2.10 bits per heavy atom. The molecule has 2 unspecified atom stereocenters. The molecule has 2 aromatic rings. The minimum atomic E-state index is 0.389. The number of nitrogens with zero attached hydrogens (tertiary/aromatic N) is 1. The molecule has 0 bridgehead atoms. The monoisotopic (exact) mass is 269 g/mol. The second-order valence-corrected chi connectivity index (χ2v) is 5.82. The van der Waals surface area contributed by atoms with Gasteiger partial charge in [0.25, 0.3) is 0 Å². The van der Waals surface area contributed by atoms with E-state index in [0.29, 0.717) is 12.1 Å². The molecule has 1 fully saturated rings. The summed E-state index contributed by atoms with van der Waals surface area (Å²) < 4.78 is 0. The molecule has 3 rings (SSSR count). The van der Waals surface area contributed by atoms with Gasteiger partial charge >= 0.3 is 0 Å². The van der Waals surface area contributed by atoms with E-state index in [2.05, 4.69) is 34.6 Å². The maximum atomic E-state index is 6.03. The van der Waals surface area contributed by atoms with E-state index < -0.39 is 0 Å². The molecule has 3 heteroatoms. The highest BCUT2D eigenvalue weighted by molar-refractivity contribution is 5.81. The normalized spacial score (nSPS) is 23.1. The highest BCUT2D eigenvalue weighted by atomic mass is 14.9. The molecule has 0 aliphatic heterocycles. The fourth-order valence-corrected chi connectivity index (χ4v) is 3.19. The van der Waals surface area contributed by atoms with Crippen LogP contribution in [0.4, 0.5) is 0 Å². The van der Waals surface area contributed by atoms with Crippen molar-refractivity contribution < 1.29 is 0 Å². The summed E-state index contributed by atoms with van der Waals surface area (Å²) in [6.07, 6.45) is 7.73. The number of fused-ring (bicyclic) bond motifs is 1. The van der Waals surface area contributed by atoms with Gasteiger partial charge in [0.1, 0.15) is 0 Å². The average Bonchev–Trinajstić information content (AvgIpc) is 2.48. The van der Waals surface area contributed by atoms with Crippen molar-refractivity contribution in [3.05, 3.63) is 42.1 Å². The van der Waals surface area contributed by atoms with Gasteiger partial charge in [0.2, 0.25) is 0 Å². The molecule has 106 valence electrons. The number of hydrogen-bond donors (Lipinski definition) is 2. The Bertz CT molecular complexity index is 562. The smallest absolute Gasteiger partial charge is 0.0734 e. The first kappa shape index (κ1) is 13.5. The molecule has 1 heterocycles. The summed E-state index contributed by atoms with van der Waals surface area (Å²) in [4.78, 5) is 4.51. The third-order valence-electron chi connectivity index (χ3n) is 4.26. The lowest BCUT2D eigenvalue weighted by molar-refractivity contribution is 0.341. The maximum Gasteiger partial charge on any atom is 0.0734 e. The second kappa shape index (κ2) is 6.33. The van der Waals surface area contributed by atoms with Crippen LogP contribution in [0.15, 0.2) is 36.5 Å². The second-order valence-electron chi connectivity index (χ2n) is 5.82. The van der Waals surface area contributed by atoms with Crippen molar-refractivity contribution >= 4 is 10.9 Å². The summed E-state index contributed by atoms with van der Waals surface area (Å²) in [5, 5.41) is 4.88. The van der Waals surface area contributed by atoms with Crippen molar-refractivity contribution in [1.29, 1.82) is 0 Å². The van der Waals surface area contributed by atoms with Crippen molar-refractivity contribution in [3.8, 4) is 0 Å². The number of benzene rings is 1. The Balaban J connectivity index is 1.60. The zero-order valence-electron chi connectivity index (χ0n) is 11.9. The molecule has 1 aromatic carbocycles. The lowest BCUT2D eigenvalue weighted by Crippen LogP contribution is -2.40. The summed E-state index contributed by atoms with van der Waals surface area (Å²) in [6, 6.07) is 11.5. The molecular weight excluding hydrogens is 246 g/mol. The van der Waals surface area contributed by atoms with Crippen LogP contribution in [-0.2, 0) is 6.42 Å². The number of rotatable bonds is 4. The van der Waals surface area contributed by atoms with E-state index in [1.165, 1.54) is 30.2 Å². The summed E-state index contributed by atoms with van der Waals surface area (Å²) in [5.41, 5.74) is 8.50. The number of nitrogens with one attached hydrogen (secondary N) is 1. The van der Waals surface area contributed by atoms with Gasteiger partial charge in [0, 0.05) is 23.7 Å². The summed E-state index contributed by atoms with van der Waals surface area (Å²) in [7, 11) is 0. The molecule has 1 aromatic heterocycles. The van der Waals surface area contributed by atoms with E-state index >= 15 is 0 Å². The first-order chi connectivity index (χ1) is 9.83. The zero-order chi connectivity index (χ0) is 13.8. The van der Waals surface area contributed by atoms with Crippen LogP contribution in [0.5, 0.6) is 0 Å². The van der Waals surface area contributed by atoms with E-state index in [0.717, 1.165) is 24.9 Å². The summed E-state index contributed by atoms with van der Waals surface area (Å²) in [5.74, 6) is 0. The van der Waals surface area contributed by atoms with E-state index in [4.69, 9.17) is 5.73 Å². The number of hydrogen-bond acceptors (Lipinski definition) is 3. The Morgan fingerprint density at radius 1 is 1.20 bits per heavy atom. The average molecular weight is 269 g/mol. The minimum Gasteiger partial charge on any atom is -0.328 e. The molecule has 3 nitrogen and oxygen atoms in total. The van der Waals surface area contributed by atoms with Gasteiger partial charge in [0.15, 0.2) is 0 Å². The van der Waals surface area contributed by atoms with Gasteiger partial charge in [-0.05, 0) is 43.9 Å². The van der Waals surface area contributed by atoms with Crippen molar-refractivity contribution in [2.24, 2.45) is 5.73 Å². The Kier molecular flexibility index (Phi) is 4.28. The van der Waals surface area contributed by atoms with Gasteiger partial charge in [-0.2, -0.15) is 0 Å². The molecule has 20 heavy (non-hydrogen) atoms. The van der Waals surface area contributed by atoms with Crippen LogP contribution >= 0.6 is 0 Å². The third-order valence-corrected chi connectivity index (χ3v) is 4.26. The van der Waals surface area contributed by atoms with E-state index in [1.54, 1.807) is 0 Å². The van der Waals surface area contributed by atoms with Crippen LogP contribution in [0.2, 0.25) is 0 Å². The summed E-state index contributed by atoms with van der Waals surface area (Å²) in [6.45, 7) is 1.01. The van der Waals surface area contributed by atoms with E-state index in [-0.39, 0.29) is 0 Å². The number of pyridine rings is 1. The lowest BCUT2D eigenvalue weighted by Gasteiger charge is -2.27. The van der Waals surface area contributed by atoms with Crippen LogP contribution in [0.1, 0.15) is 31.2 Å². The van der Waals surface area contributed by atoms with Gasteiger partial charge in [-0.15, -0.1) is 0 Å². The van der Waals surface area contributed by atoms with Crippen LogP contribution in [-0.4, -0.2) is 23.6 Å². The predicted octanol–water partition coefficient (Wildman–Crippen LogP) is 2.64.